The minimum Gasteiger partial charge on any atom is -0.370 e. The quantitative estimate of drug-likeness (QED) is 0.735. The largest absolute Gasteiger partial charge is 0.370 e. The number of carbonyl (C=O) groups excluding carboxylic acids is 1. The summed E-state index contributed by atoms with van der Waals surface area (Å²) in [6, 6.07) is 11.0. The molecule has 0 unspecified atom stereocenters. The summed E-state index contributed by atoms with van der Waals surface area (Å²) in [5.74, 6) is 0.378. The van der Waals surface area contributed by atoms with Crippen molar-refractivity contribution < 1.29 is 4.79 Å². The normalized spacial score (nSPS) is 22.0. The van der Waals surface area contributed by atoms with Crippen molar-refractivity contribution in [3.63, 3.8) is 0 Å². The Morgan fingerprint density at radius 2 is 1.79 bits per heavy atom. The standard InChI is InChI=1S/C25H32N2O/c1-24(2,3)17-26-13-6-14-27(16-15-26)21-10-9-20-22-18(21)7-4-8-19(22)23(28)25(20)11-5-12-25/h4,7-10H,5-6,11-17H2,1-3H3. The molecule has 0 radical (unpaired) electrons. The van der Waals surface area contributed by atoms with Crippen LogP contribution in [0.15, 0.2) is 30.3 Å². The molecule has 3 aliphatic rings. The molecule has 1 saturated heterocycles. The van der Waals surface area contributed by atoms with Crippen LogP contribution in [0, 0.1) is 5.41 Å². The smallest absolute Gasteiger partial charge is 0.174 e. The van der Waals surface area contributed by atoms with Crippen molar-refractivity contribution in [1.82, 2.24) is 4.90 Å². The maximum atomic E-state index is 13.2. The van der Waals surface area contributed by atoms with E-state index in [1.165, 1.54) is 41.4 Å². The third-order valence-corrected chi connectivity index (χ3v) is 7.05. The van der Waals surface area contributed by atoms with Gasteiger partial charge in [-0.25, -0.2) is 0 Å². The van der Waals surface area contributed by atoms with Gasteiger partial charge in [0.15, 0.2) is 5.78 Å². The Morgan fingerprint density at radius 1 is 0.964 bits per heavy atom. The molecular formula is C25H32N2O. The van der Waals surface area contributed by atoms with Gasteiger partial charge in [0.25, 0.3) is 0 Å². The first kappa shape index (κ1) is 18.2. The lowest BCUT2D eigenvalue weighted by Crippen LogP contribution is -2.39. The first-order chi connectivity index (χ1) is 13.4. The average Bonchev–Trinajstić information content (AvgIpc) is 2.74. The molecule has 1 aliphatic heterocycles. The lowest BCUT2D eigenvalue weighted by molar-refractivity contribution is 0.0806. The van der Waals surface area contributed by atoms with E-state index in [-0.39, 0.29) is 5.41 Å². The molecule has 1 spiro atoms. The van der Waals surface area contributed by atoms with Gasteiger partial charge in [0, 0.05) is 42.8 Å². The number of hydrogen-bond donors (Lipinski definition) is 0. The summed E-state index contributed by atoms with van der Waals surface area (Å²) in [5.41, 5.74) is 3.75. The highest BCUT2D eigenvalue weighted by molar-refractivity contribution is 6.22. The van der Waals surface area contributed by atoms with Gasteiger partial charge in [0.1, 0.15) is 0 Å². The summed E-state index contributed by atoms with van der Waals surface area (Å²) in [7, 11) is 0. The molecule has 148 valence electrons. The fourth-order valence-corrected chi connectivity index (χ4v) is 5.70. The van der Waals surface area contributed by atoms with Crippen LogP contribution in [0.3, 0.4) is 0 Å². The number of ketones is 1. The monoisotopic (exact) mass is 376 g/mol. The second-order valence-electron chi connectivity index (χ2n) is 10.3. The van der Waals surface area contributed by atoms with Crippen LogP contribution in [0.2, 0.25) is 0 Å². The van der Waals surface area contributed by atoms with Crippen molar-refractivity contribution in [3.05, 3.63) is 41.5 Å². The maximum Gasteiger partial charge on any atom is 0.174 e. The molecule has 1 saturated carbocycles. The summed E-state index contributed by atoms with van der Waals surface area (Å²) in [4.78, 5) is 18.4. The van der Waals surface area contributed by atoms with Crippen LogP contribution >= 0.6 is 0 Å². The molecule has 3 heteroatoms. The number of fused-ring (bicyclic) bond motifs is 1. The van der Waals surface area contributed by atoms with Crippen LogP contribution < -0.4 is 4.90 Å². The molecule has 0 N–H and O–H groups in total. The zero-order chi connectivity index (χ0) is 19.5. The minimum atomic E-state index is -0.192. The fourth-order valence-electron chi connectivity index (χ4n) is 5.70. The Labute approximate surface area is 168 Å². The molecular weight excluding hydrogens is 344 g/mol. The zero-order valence-electron chi connectivity index (χ0n) is 17.6. The van der Waals surface area contributed by atoms with Gasteiger partial charge in [-0.05, 0) is 48.2 Å². The molecule has 0 atom stereocenters. The van der Waals surface area contributed by atoms with Crippen LogP contribution in [-0.4, -0.2) is 43.4 Å². The first-order valence-electron chi connectivity index (χ1n) is 11.0. The van der Waals surface area contributed by atoms with Crippen molar-refractivity contribution in [2.45, 2.75) is 51.9 Å². The number of benzene rings is 2. The number of Topliss-reactive ketones (excluding diaryl/α,β-unsaturated/α-hetero) is 1. The molecule has 1 heterocycles. The SMILES string of the molecule is CC(C)(C)CN1CCCN(c2ccc3c4c(cccc24)C(=O)C32CCC2)CC1. The maximum absolute atomic E-state index is 13.2. The Balaban J connectivity index is 1.49. The molecule has 0 aromatic heterocycles. The van der Waals surface area contributed by atoms with Gasteiger partial charge in [0.05, 0.1) is 5.41 Å². The van der Waals surface area contributed by atoms with Gasteiger partial charge in [0.2, 0.25) is 0 Å². The van der Waals surface area contributed by atoms with Gasteiger partial charge in [-0.3, -0.25) is 4.79 Å². The number of anilines is 1. The summed E-state index contributed by atoms with van der Waals surface area (Å²) < 4.78 is 0. The lowest BCUT2D eigenvalue weighted by Gasteiger charge is -2.38. The molecule has 2 fully saturated rings. The van der Waals surface area contributed by atoms with E-state index in [4.69, 9.17) is 0 Å². The van der Waals surface area contributed by atoms with E-state index in [9.17, 15) is 4.79 Å². The summed E-state index contributed by atoms with van der Waals surface area (Å²) in [6.07, 6.45) is 4.43. The van der Waals surface area contributed by atoms with Crippen LogP contribution in [0.25, 0.3) is 10.8 Å². The Kier molecular flexibility index (Phi) is 4.10. The number of nitrogens with zero attached hydrogens (tertiary/aromatic N) is 2. The molecule has 2 aliphatic carbocycles. The van der Waals surface area contributed by atoms with Gasteiger partial charge in [-0.2, -0.15) is 0 Å². The molecule has 2 aromatic rings. The second kappa shape index (κ2) is 6.32. The Hall–Kier alpha value is -1.87. The lowest BCUT2D eigenvalue weighted by atomic mass is 9.64. The van der Waals surface area contributed by atoms with E-state index in [1.807, 2.05) is 0 Å². The zero-order valence-corrected chi connectivity index (χ0v) is 17.6. The molecule has 3 nitrogen and oxygen atoms in total. The summed E-state index contributed by atoms with van der Waals surface area (Å²) in [5, 5.41) is 2.54. The highest BCUT2D eigenvalue weighted by Crippen LogP contribution is 2.54. The van der Waals surface area contributed by atoms with E-state index in [0.29, 0.717) is 11.2 Å². The van der Waals surface area contributed by atoms with Gasteiger partial charge in [-0.15, -0.1) is 0 Å². The Morgan fingerprint density at radius 3 is 2.50 bits per heavy atom. The third-order valence-electron chi connectivity index (χ3n) is 7.05. The van der Waals surface area contributed by atoms with Crippen molar-refractivity contribution in [3.8, 4) is 0 Å². The topological polar surface area (TPSA) is 23.6 Å². The van der Waals surface area contributed by atoms with Gasteiger partial charge in [-0.1, -0.05) is 51.5 Å². The van der Waals surface area contributed by atoms with Crippen LogP contribution in [-0.2, 0) is 5.41 Å². The van der Waals surface area contributed by atoms with Gasteiger partial charge < -0.3 is 9.80 Å². The predicted octanol–water partition coefficient (Wildman–Crippen LogP) is 5.02. The van der Waals surface area contributed by atoms with Crippen molar-refractivity contribution >= 4 is 22.2 Å². The highest BCUT2D eigenvalue weighted by atomic mass is 16.1. The van der Waals surface area contributed by atoms with Crippen molar-refractivity contribution in [2.24, 2.45) is 5.41 Å². The molecule has 2 aromatic carbocycles. The van der Waals surface area contributed by atoms with Crippen LogP contribution in [0.5, 0.6) is 0 Å². The van der Waals surface area contributed by atoms with Crippen LogP contribution in [0.4, 0.5) is 5.69 Å². The third kappa shape index (κ3) is 2.70. The second-order valence-corrected chi connectivity index (χ2v) is 10.3. The van der Waals surface area contributed by atoms with E-state index < -0.39 is 0 Å². The van der Waals surface area contributed by atoms with Crippen LogP contribution in [0.1, 0.15) is 62.4 Å². The number of carbonyl (C=O) groups is 1. The summed E-state index contributed by atoms with van der Waals surface area (Å²) in [6.45, 7) is 12.6. The van der Waals surface area contributed by atoms with Gasteiger partial charge >= 0.3 is 0 Å². The van der Waals surface area contributed by atoms with E-state index in [1.54, 1.807) is 0 Å². The highest BCUT2D eigenvalue weighted by Gasteiger charge is 2.51. The molecule has 28 heavy (non-hydrogen) atoms. The molecule has 0 amide bonds. The van der Waals surface area contributed by atoms with E-state index >= 15 is 0 Å². The molecule has 5 rings (SSSR count). The van der Waals surface area contributed by atoms with E-state index in [0.717, 1.165) is 44.6 Å². The fraction of sp³-hybridized carbons (Fsp3) is 0.560. The predicted molar refractivity (Wildman–Crippen MR) is 117 cm³/mol. The number of rotatable bonds is 2. The van der Waals surface area contributed by atoms with Crippen molar-refractivity contribution in [2.75, 3.05) is 37.6 Å². The number of hydrogen-bond acceptors (Lipinski definition) is 3. The minimum absolute atomic E-state index is 0.192. The van der Waals surface area contributed by atoms with E-state index in [2.05, 4.69) is 60.9 Å². The molecule has 0 bridgehead atoms. The summed E-state index contributed by atoms with van der Waals surface area (Å²) >= 11 is 0. The Bertz CT molecular complexity index is 935. The average molecular weight is 377 g/mol. The first-order valence-corrected chi connectivity index (χ1v) is 11.0. The van der Waals surface area contributed by atoms with Crippen molar-refractivity contribution in [1.29, 1.82) is 0 Å².